The highest BCUT2D eigenvalue weighted by atomic mass is 35.5. The fourth-order valence-electron chi connectivity index (χ4n) is 3.09. The van der Waals surface area contributed by atoms with Gasteiger partial charge in [-0.2, -0.15) is 4.98 Å². The molecule has 1 unspecified atom stereocenters. The first-order valence-electron chi connectivity index (χ1n) is 8.98. The lowest BCUT2D eigenvalue weighted by molar-refractivity contribution is -0.141. The average molecular weight is 434 g/mol. The molecule has 0 spiro atoms. The van der Waals surface area contributed by atoms with Crippen molar-refractivity contribution in [3.05, 3.63) is 51.7 Å². The highest BCUT2D eigenvalue weighted by molar-refractivity contribution is 6.31. The number of carbonyl (C=O) groups is 1. The standard InChI is InChI=1S/C20H20ClN3O6/c1-11-22-19(30-23-11)13-5-4-12(21)8-14(13)15-9-18(25)24(10-17(15)29-3)16(20(26)27)6-7-28-2/h4-5,8-10,16H,6-7H2,1-3H3,(H,26,27). The summed E-state index contributed by atoms with van der Waals surface area (Å²) in [4.78, 5) is 28.8. The minimum absolute atomic E-state index is 0.123. The minimum Gasteiger partial charge on any atom is -0.495 e. The SMILES string of the molecule is COCCC(C(=O)O)n1cc(OC)c(-c2cc(Cl)ccc2-c2nc(C)no2)cc1=O. The monoisotopic (exact) mass is 433 g/mol. The molecule has 2 aromatic heterocycles. The Balaban J connectivity index is 2.19. The zero-order chi connectivity index (χ0) is 21.8. The van der Waals surface area contributed by atoms with Gasteiger partial charge in [-0.25, -0.2) is 4.79 Å². The quantitative estimate of drug-likeness (QED) is 0.575. The van der Waals surface area contributed by atoms with Crippen LogP contribution < -0.4 is 10.3 Å². The van der Waals surface area contributed by atoms with Gasteiger partial charge in [0.1, 0.15) is 11.8 Å². The van der Waals surface area contributed by atoms with Crippen molar-refractivity contribution >= 4 is 17.6 Å². The Hall–Kier alpha value is -3.17. The number of pyridine rings is 1. The molecule has 9 nitrogen and oxygen atoms in total. The zero-order valence-electron chi connectivity index (χ0n) is 16.6. The van der Waals surface area contributed by atoms with Crippen LogP contribution in [0.1, 0.15) is 18.3 Å². The maximum absolute atomic E-state index is 12.8. The van der Waals surface area contributed by atoms with Gasteiger partial charge in [-0.1, -0.05) is 16.8 Å². The summed E-state index contributed by atoms with van der Waals surface area (Å²) < 4.78 is 16.8. The molecule has 1 aromatic carbocycles. The Morgan fingerprint density at radius 2 is 2.03 bits per heavy atom. The summed E-state index contributed by atoms with van der Waals surface area (Å²) in [5.74, 6) is -0.142. The van der Waals surface area contributed by atoms with Crippen molar-refractivity contribution in [2.45, 2.75) is 19.4 Å². The second-order valence-electron chi connectivity index (χ2n) is 6.47. The molecular formula is C20H20ClN3O6. The molecule has 0 fully saturated rings. The first-order chi connectivity index (χ1) is 14.3. The molecule has 30 heavy (non-hydrogen) atoms. The van der Waals surface area contributed by atoms with E-state index in [-0.39, 0.29) is 24.7 Å². The van der Waals surface area contributed by atoms with E-state index < -0.39 is 17.6 Å². The van der Waals surface area contributed by atoms with Gasteiger partial charge in [-0.3, -0.25) is 9.36 Å². The number of carboxylic acids is 1. The number of ether oxygens (including phenoxy) is 2. The number of aliphatic carboxylic acids is 1. The number of nitrogens with zero attached hydrogens (tertiary/aromatic N) is 3. The Labute approximate surface area is 176 Å². The summed E-state index contributed by atoms with van der Waals surface area (Å²) in [6, 6.07) is 5.22. The number of aromatic nitrogens is 3. The lowest BCUT2D eigenvalue weighted by Crippen LogP contribution is -2.30. The molecule has 3 aromatic rings. The molecule has 3 rings (SSSR count). The van der Waals surface area contributed by atoms with Crippen molar-refractivity contribution < 1.29 is 23.9 Å². The summed E-state index contributed by atoms with van der Waals surface area (Å²) in [5.41, 5.74) is 1.01. The van der Waals surface area contributed by atoms with Crippen LogP contribution in [0, 0.1) is 6.92 Å². The number of methoxy groups -OCH3 is 2. The normalized spacial score (nSPS) is 12.0. The molecule has 0 aliphatic carbocycles. The minimum atomic E-state index is -1.14. The molecule has 1 atom stereocenters. The number of hydrogen-bond acceptors (Lipinski definition) is 7. The van der Waals surface area contributed by atoms with E-state index in [1.807, 2.05) is 0 Å². The number of carboxylic acid groups (broad SMARTS) is 1. The van der Waals surface area contributed by atoms with Crippen molar-refractivity contribution in [3.8, 4) is 28.3 Å². The van der Waals surface area contributed by atoms with Crippen LogP contribution in [-0.2, 0) is 9.53 Å². The van der Waals surface area contributed by atoms with Crippen molar-refractivity contribution in [3.63, 3.8) is 0 Å². The molecule has 0 saturated heterocycles. The van der Waals surface area contributed by atoms with Crippen LogP contribution in [0.4, 0.5) is 0 Å². The van der Waals surface area contributed by atoms with Gasteiger partial charge in [0.2, 0.25) is 0 Å². The van der Waals surface area contributed by atoms with E-state index in [0.717, 1.165) is 4.57 Å². The topological polar surface area (TPSA) is 117 Å². The van der Waals surface area contributed by atoms with Gasteiger partial charge in [0.15, 0.2) is 5.82 Å². The van der Waals surface area contributed by atoms with E-state index in [4.69, 9.17) is 25.6 Å². The molecule has 0 radical (unpaired) electrons. The van der Waals surface area contributed by atoms with Gasteiger partial charge in [0.05, 0.1) is 13.3 Å². The average Bonchev–Trinajstić information content (AvgIpc) is 3.14. The lowest BCUT2D eigenvalue weighted by atomic mass is 9.99. The fourth-order valence-corrected chi connectivity index (χ4v) is 3.26. The molecule has 10 heteroatoms. The molecule has 0 aliphatic rings. The Kier molecular flexibility index (Phi) is 6.53. The van der Waals surface area contributed by atoms with Crippen molar-refractivity contribution in [2.24, 2.45) is 0 Å². The van der Waals surface area contributed by atoms with Gasteiger partial charge >= 0.3 is 5.97 Å². The first kappa shape index (κ1) is 21.5. The number of halogens is 1. The summed E-state index contributed by atoms with van der Waals surface area (Å²) in [6.07, 6.45) is 1.49. The highest BCUT2D eigenvalue weighted by Gasteiger charge is 2.24. The van der Waals surface area contributed by atoms with E-state index in [2.05, 4.69) is 10.1 Å². The maximum atomic E-state index is 12.8. The second kappa shape index (κ2) is 9.10. The molecule has 0 amide bonds. The van der Waals surface area contributed by atoms with Crippen LogP contribution in [-0.4, -0.2) is 46.6 Å². The molecule has 2 heterocycles. The van der Waals surface area contributed by atoms with E-state index in [1.54, 1.807) is 25.1 Å². The Morgan fingerprint density at radius 1 is 1.27 bits per heavy atom. The molecule has 158 valence electrons. The van der Waals surface area contributed by atoms with E-state index in [9.17, 15) is 14.7 Å². The van der Waals surface area contributed by atoms with Crippen LogP contribution in [0.2, 0.25) is 5.02 Å². The molecule has 0 aliphatic heterocycles. The predicted molar refractivity (Wildman–Crippen MR) is 109 cm³/mol. The van der Waals surface area contributed by atoms with Crippen LogP contribution in [0.25, 0.3) is 22.6 Å². The molecular weight excluding hydrogens is 414 g/mol. The smallest absolute Gasteiger partial charge is 0.326 e. The molecule has 0 bridgehead atoms. The van der Waals surface area contributed by atoms with Gasteiger partial charge in [-0.15, -0.1) is 0 Å². The molecule has 1 N–H and O–H groups in total. The third kappa shape index (κ3) is 4.37. The van der Waals surface area contributed by atoms with Crippen LogP contribution in [0.3, 0.4) is 0 Å². The zero-order valence-corrected chi connectivity index (χ0v) is 17.3. The van der Waals surface area contributed by atoms with Gasteiger partial charge < -0.3 is 19.1 Å². The van der Waals surface area contributed by atoms with Crippen molar-refractivity contribution in [1.82, 2.24) is 14.7 Å². The maximum Gasteiger partial charge on any atom is 0.326 e. The van der Waals surface area contributed by atoms with E-state index >= 15 is 0 Å². The summed E-state index contributed by atoms with van der Waals surface area (Å²) >= 11 is 6.19. The number of benzene rings is 1. The van der Waals surface area contributed by atoms with Crippen LogP contribution >= 0.6 is 11.6 Å². The second-order valence-corrected chi connectivity index (χ2v) is 6.91. The van der Waals surface area contributed by atoms with Gasteiger partial charge in [0.25, 0.3) is 11.4 Å². The lowest BCUT2D eigenvalue weighted by Gasteiger charge is -2.18. The van der Waals surface area contributed by atoms with Crippen LogP contribution in [0.5, 0.6) is 5.75 Å². The first-order valence-corrected chi connectivity index (χ1v) is 9.36. The molecule has 0 saturated carbocycles. The summed E-state index contributed by atoms with van der Waals surface area (Å²) in [5, 5.41) is 13.8. The van der Waals surface area contributed by atoms with Crippen LogP contribution in [0.15, 0.2) is 39.8 Å². The van der Waals surface area contributed by atoms with Gasteiger partial charge in [-0.05, 0) is 30.7 Å². The Bertz CT molecular complexity index is 1120. The number of aryl methyl sites for hydroxylation is 1. The number of hydrogen-bond donors (Lipinski definition) is 1. The highest BCUT2D eigenvalue weighted by Crippen LogP contribution is 2.38. The summed E-state index contributed by atoms with van der Waals surface area (Å²) in [6.45, 7) is 1.87. The fraction of sp³-hybridized carbons (Fsp3) is 0.300. The number of rotatable bonds is 8. The van der Waals surface area contributed by atoms with Gasteiger partial charge in [0, 0.05) is 42.4 Å². The largest absolute Gasteiger partial charge is 0.495 e. The van der Waals surface area contributed by atoms with E-state index in [1.165, 1.54) is 26.5 Å². The third-order valence-corrected chi connectivity index (χ3v) is 4.75. The van der Waals surface area contributed by atoms with E-state index in [0.29, 0.717) is 27.5 Å². The Morgan fingerprint density at radius 3 is 2.63 bits per heavy atom. The summed E-state index contributed by atoms with van der Waals surface area (Å²) in [7, 11) is 2.89. The van der Waals surface area contributed by atoms with Crippen molar-refractivity contribution in [1.29, 1.82) is 0 Å². The predicted octanol–water partition coefficient (Wildman–Crippen LogP) is 3.20. The third-order valence-electron chi connectivity index (χ3n) is 4.51. The van der Waals surface area contributed by atoms with Crippen molar-refractivity contribution in [2.75, 3.05) is 20.8 Å².